The number of rotatable bonds is 3. The van der Waals surface area contributed by atoms with Crippen LogP contribution in [0.3, 0.4) is 0 Å². The van der Waals surface area contributed by atoms with Gasteiger partial charge in [-0.05, 0) is 19.4 Å². The zero-order valence-corrected chi connectivity index (χ0v) is 12.6. The summed E-state index contributed by atoms with van der Waals surface area (Å²) in [6.07, 6.45) is 2.03. The van der Waals surface area contributed by atoms with Crippen molar-refractivity contribution in [3.8, 4) is 0 Å². The Morgan fingerprint density at radius 2 is 2.37 bits per heavy atom. The van der Waals surface area contributed by atoms with Crippen molar-refractivity contribution in [3.63, 3.8) is 0 Å². The van der Waals surface area contributed by atoms with Gasteiger partial charge in [-0.2, -0.15) is 0 Å². The van der Waals surface area contributed by atoms with Crippen LogP contribution < -0.4 is 5.73 Å². The summed E-state index contributed by atoms with van der Waals surface area (Å²) in [5.74, 6) is 0.310. The van der Waals surface area contributed by atoms with Gasteiger partial charge in [-0.1, -0.05) is 25.9 Å². The third kappa shape index (κ3) is 3.25. The zero-order chi connectivity index (χ0) is 14.0. The van der Waals surface area contributed by atoms with E-state index < -0.39 is 0 Å². The molecule has 6 heteroatoms. The van der Waals surface area contributed by atoms with Crippen molar-refractivity contribution in [2.75, 3.05) is 6.54 Å². The molecule has 1 aliphatic heterocycles. The molecule has 1 unspecified atom stereocenters. The van der Waals surface area contributed by atoms with E-state index in [0.717, 1.165) is 36.6 Å². The smallest absolute Gasteiger partial charge is 0.156 e. The van der Waals surface area contributed by atoms with Crippen LogP contribution in [0.2, 0.25) is 0 Å². The van der Waals surface area contributed by atoms with Gasteiger partial charge < -0.3 is 10.9 Å². The molecule has 3 N–H and O–H groups in total. The summed E-state index contributed by atoms with van der Waals surface area (Å²) in [6, 6.07) is 0.0481. The molecule has 2 heterocycles. The van der Waals surface area contributed by atoms with Crippen molar-refractivity contribution in [1.29, 1.82) is 0 Å². The highest BCUT2D eigenvalue weighted by molar-refractivity contribution is 7.09. The van der Waals surface area contributed by atoms with Gasteiger partial charge >= 0.3 is 0 Å². The van der Waals surface area contributed by atoms with Crippen molar-refractivity contribution >= 4 is 17.2 Å². The van der Waals surface area contributed by atoms with Crippen LogP contribution in [0.15, 0.2) is 10.5 Å². The lowest BCUT2D eigenvalue weighted by Crippen LogP contribution is -2.40. The molecule has 0 aromatic carbocycles. The molecule has 1 aromatic rings. The number of oxime groups is 1. The molecule has 0 bridgehead atoms. The van der Waals surface area contributed by atoms with E-state index in [1.54, 1.807) is 11.3 Å². The number of hydrogen-bond acceptors (Lipinski definition) is 5. The molecular weight excluding hydrogens is 260 g/mol. The second kappa shape index (κ2) is 5.46. The highest BCUT2D eigenvalue weighted by atomic mass is 32.1. The average molecular weight is 282 g/mol. The van der Waals surface area contributed by atoms with Crippen LogP contribution in [-0.4, -0.2) is 33.5 Å². The molecule has 1 aliphatic rings. The molecule has 5 nitrogen and oxygen atoms in total. The fourth-order valence-electron chi connectivity index (χ4n) is 2.32. The summed E-state index contributed by atoms with van der Waals surface area (Å²) in [5.41, 5.74) is 6.96. The van der Waals surface area contributed by atoms with Crippen molar-refractivity contribution in [1.82, 2.24) is 9.88 Å². The summed E-state index contributed by atoms with van der Waals surface area (Å²) in [5, 5.41) is 15.2. The van der Waals surface area contributed by atoms with Crippen LogP contribution in [0.4, 0.5) is 0 Å². The summed E-state index contributed by atoms with van der Waals surface area (Å²) in [4.78, 5) is 6.93. The van der Waals surface area contributed by atoms with Crippen LogP contribution in [0, 0.1) is 0 Å². The molecule has 106 valence electrons. The van der Waals surface area contributed by atoms with Crippen molar-refractivity contribution in [2.24, 2.45) is 10.9 Å². The first-order valence-electron chi connectivity index (χ1n) is 6.58. The normalized spacial score (nSPS) is 22.1. The molecule has 1 aromatic heterocycles. The molecule has 1 atom stereocenters. The number of hydrogen-bond donors (Lipinski definition) is 2. The van der Waals surface area contributed by atoms with E-state index in [4.69, 9.17) is 15.9 Å². The summed E-state index contributed by atoms with van der Waals surface area (Å²) >= 11 is 1.69. The zero-order valence-electron chi connectivity index (χ0n) is 11.8. The molecule has 0 aliphatic carbocycles. The number of nitrogens with two attached hydrogens (primary N) is 1. The van der Waals surface area contributed by atoms with Crippen molar-refractivity contribution in [2.45, 2.75) is 51.6 Å². The number of nitrogens with zero attached hydrogens (tertiary/aromatic N) is 3. The molecule has 0 spiro atoms. The minimum absolute atomic E-state index is 0.0481. The van der Waals surface area contributed by atoms with Crippen LogP contribution in [0.25, 0.3) is 0 Å². The minimum atomic E-state index is 0.0481. The second-order valence-corrected chi connectivity index (χ2v) is 6.97. The fraction of sp³-hybridized carbons (Fsp3) is 0.692. The van der Waals surface area contributed by atoms with Gasteiger partial charge in [0.25, 0.3) is 0 Å². The van der Waals surface area contributed by atoms with E-state index in [1.807, 2.05) is 0 Å². The maximum atomic E-state index is 8.81. The number of likely N-dealkylation sites (tertiary alicyclic amines) is 1. The summed E-state index contributed by atoms with van der Waals surface area (Å²) in [6.45, 7) is 8.26. The molecular formula is C13H22N4OS. The Morgan fingerprint density at radius 3 is 2.95 bits per heavy atom. The highest BCUT2D eigenvalue weighted by Crippen LogP contribution is 2.26. The Labute approximate surface area is 118 Å². The Morgan fingerprint density at radius 1 is 1.63 bits per heavy atom. The lowest BCUT2D eigenvalue weighted by atomic mass is 9.93. The monoisotopic (exact) mass is 282 g/mol. The van der Waals surface area contributed by atoms with E-state index in [-0.39, 0.29) is 11.5 Å². The predicted molar refractivity (Wildman–Crippen MR) is 77.7 cm³/mol. The molecule has 1 fully saturated rings. The Balaban J connectivity index is 2.07. The van der Waals surface area contributed by atoms with Crippen molar-refractivity contribution in [3.05, 3.63) is 16.1 Å². The maximum absolute atomic E-state index is 8.81. The van der Waals surface area contributed by atoms with E-state index in [2.05, 4.69) is 36.2 Å². The van der Waals surface area contributed by atoms with Gasteiger partial charge in [-0.15, -0.1) is 11.3 Å². The van der Waals surface area contributed by atoms with Crippen LogP contribution >= 0.6 is 11.3 Å². The number of amidine groups is 1. The lowest BCUT2D eigenvalue weighted by molar-refractivity contribution is 0.274. The minimum Gasteiger partial charge on any atom is -0.409 e. The summed E-state index contributed by atoms with van der Waals surface area (Å²) in [7, 11) is 0. The molecule has 19 heavy (non-hydrogen) atoms. The second-order valence-electron chi connectivity index (χ2n) is 6.03. The Kier molecular flexibility index (Phi) is 4.10. The quantitative estimate of drug-likeness (QED) is 0.385. The number of aromatic nitrogens is 1. The first kappa shape index (κ1) is 14.3. The van der Waals surface area contributed by atoms with Gasteiger partial charge in [0.15, 0.2) is 5.84 Å². The number of thiazole rings is 1. The average Bonchev–Trinajstić information content (AvgIpc) is 2.97. The van der Waals surface area contributed by atoms with Gasteiger partial charge in [0.2, 0.25) is 0 Å². The van der Waals surface area contributed by atoms with Gasteiger partial charge in [-0.3, -0.25) is 4.90 Å². The van der Waals surface area contributed by atoms with Crippen LogP contribution in [0.5, 0.6) is 0 Å². The summed E-state index contributed by atoms with van der Waals surface area (Å²) < 4.78 is 0. The third-order valence-corrected chi connectivity index (χ3v) is 4.31. The SMILES string of the molecule is CC(C)(C)c1csc(CN2CCCC2C(N)=NO)n1. The first-order valence-corrected chi connectivity index (χ1v) is 7.46. The van der Waals surface area contributed by atoms with E-state index in [9.17, 15) is 0 Å². The molecule has 0 radical (unpaired) electrons. The standard InChI is InChI=1S/C13H22N4OS/c1-13(2,3)10-8-19-11(15-10)7-17-6-4-5-9(17)12(14)16-18/h8-9,18H,4-7H2,1-3H3,(H2,14,16). The lowest BCUT2D eigenvalue weighted by Gasteiger charge is -2.22. The van der Waals surface area contributed by atoms with Crippen molar-refractivity contribution < 1.29 is 5.21 Å². The largest absolute Gasteiger partial charge is 0.409 e. The topological polar surface area (TPSA) is 74.7 Å². The van der Waals surface area contributed by atoms with Gasteiger partial charge in [0.05, 0.1) is 18.3 Å². The molecule has 0 saturated carbocycles. The van der Waals surface area contributed by atoms with Crippen LogP contribution in [0.1, 0.15) is 44.3 Å². The maximum Gasteiger partial charge on any atom is 0.156 e. The third-order valence-electron chi connectivity index (χ3n) is 3.48. The van der Waals surface area contributed by atoms with Gasteiger partial charge in [-0.25, -0.2) is 4.98 Å². The Hall–Kier alpha value is -1.14. The highest BCUT2D eigenvalue weighted by Gasteiger charge is 2.29. The fourth-order valence-corrected chi connectivity index (χ4v) is 3.36. The first-order chi connectivity index (χ1) is 8.91. The van der Waals surface area contributed by atoms with Gasteiger partial charge in [0.1, 0.15) is 5.01 Å². The van der Waals surface area contributed by atoms with E-state index >= 15 is 0 Å². The van der Waals surface area contributed by atoms with E-state index in [1.165, 1.54) is 0 Å². The molecule has 2 rings (SSSR count). The molecule has 0 amide bonds. The van der Waals surface area contributed by atoms with Gasteiger partial charge in [0, 0.05) is 10.8 Å². The predicted octanol–water partition coefficient (Wildman–Crippen LogP) is 2.15. The molecule has 1 saturated heterocycles. The van der Waals surface area contributed by atoms with Crippen LogP contribution in [-0.2, 0) is 12.0 Å². The Bertz CT molecular complexity index is 463. The van der Waals surface area contributed by atoms with E-state index in [0.29, 0.717) is 5.84 Å².